The van der Waals surface area contributed by atoms with E-state index in [1.807, 2.05) is 43.3 Å². The molecule has 2 aromatic heterocycles. The summed E-state index contributed by atoms with van der Waals surface area (Å²) in [6, 6.07) is 13.0. The molecule has 0 unspecified atom stereocenters. The predicted octanol–water partition coefficient (Wildman–Crippen LogP) is 3.81. The molecule has 1 N–H and O–H groups in total. The van der Waals surface area contributed by atoms with Crippen molar-refractivity contribution in [3.63, 3.8) is 0 Å². The van der Waals surface area contributed by atoms with E-state index in [-0.39, 0.29) is 6.04 Å². The molecule has 0 amide bonds. The molecule has 1 atom stereocenters. The van der Waals surface area contributed by atoms with Gasteiger partial charge in [0, 0.05) is 17.6 Å². The van der Waals surface area contributed by atoms with Crippen LogP contribution in [0.4, 0.5) is 5.95 Å². The lowest BCUT2D eigenvalue weighted by molar-refractivity contribution is 0.528. The van der Waals surface area contributed by atoms with Crippen LogP contribution in [0.1, 0.15) is 18.5 Å². The van der Waals surface area contributed by atoms with Crippen LogP contribution < -0.4 is 11.1 Å². The van der Waals surface area contributed by atoms with Gasteiger partial charge in [0.25, 0.3) is 0 Å². The van der Waals surface area contributed by atoms with E-state index in [4.69, 9.17) is 16.0 Å². The lowest BCUT2D eigenvalue weighted by Crippen LogP contribution is -2.10. The fourth-order valence-electron chi connectivity index (χ4n) is 2.79. The van der Waals surface area contributed by atoms with Gasteiger partial charge in [-0.15, -0.1) is 10.2 Å². The third-order valence-corrected chi connectivity index (χ3v) is 4.62. The second-order valence-corrected chi connectivity index (χ2v) is 6.63. The Morgan fingerprint density at radius 3 is 2.63 bits per heavy atom. The number of nitrogens with zero attached hydrogens (tertiary/aromatic N) is 4. The number of hydrogen-bond donors (Lipinski definition) is 1. The topological polar surface area (TPSA) is 85.8 Å². The molecule has 4 rings (SSSR count). The molecule has 0 aliphatic rings. The molecule has 0 saturated heterocycles. The molecule has 2 heterocycles. The summed E-state index contributed by atoms with van der Waals surface area (Å²) in [4.78, 5) is 16.0. The summed E-state index contributed by atoms with van der Waals surface area (Å²) in [6.07, 6.45) is 1.64. The fraction of sp³-hybridized carbons (Fsp3) is 0.158. The van der Waals surface area contributed by atoms with E-state index < -0.39 is 5.76 Å². The molecule has 7 nitrogen and oxygen atoms in total. The maximum absolute atomic E-state index is 11.6. The molecule has 8 heteroatoms. The highest BCUT2D eigenvalue weighted by Gasteiger charge is 2.11. The maximum Gasteiger partial charge on any atom is 0.419 e. The quantitative estimate of drug-likeness (QED) is 0.578. The Bertz CT molecular complexity index is 1150. The predicted molar refractivity (Wildman–Crippen MR) is 104 cm³/mol. The molecule has 0 bridgehead atoms. The maximum atomic E-state index is 11.6. The Kier molecular flexibility index (Phi) is 4.37. The average molecular weight is 382 g/mol. The lowest BCUT2D eigenvalue weighted by atomic mass is 10.1. The van der Waals surface area contributed by atoms with Crippen molar-refractivity contribution in [2.75, 3.05) is 5.32 Å². The van der Waals surface area contributed by atoms with E-state index in [1.165, 1.54) is 4.57 Å². The first kappa shape index (κ1) is 17.2. The van der Waals surface area contributed by atoms with Crippen LogP contribution in [0, 0.1) is 0 Å². The van der Waals surface area contributed by atoms with Gasteiger partial charge in [-0.25, -0.2) is 9.78 Å². The van der Waals surface area contributed by atoms with Crippen molar-refractivity contribution in [1.29, 1.82) is 0 Å². The van der Waals surface area contributed by atoms with Gasteiger partial charge >= 0.3 is 5.76 Å². The number of oxazole rings is 1. The molecule has 0 radical (unpaired) electrons. The minimum atomic E-state index is -0.401. The van der Waals surface area contributed by atoms with Gasteiger partial charge < -0.3 is 9.73 Å². The SMILES string of the molecule is C[C@@H](Nc1ncc(-c2ccc3oc(=O)n(C)c3c2)nn1)c1ccc(Cl)cc1. The largest absolute Gasteiger partial charge is 0.419 e. The molecule has 136 valence electrons. The summed E-state index contributed by atoms with van der Waals surface area (Å²) in [7, 11) is 1.66. The summed E-state index contributed by atoms with van der Waals surface area (Å²) in [5.74, 6) is 0.0279. The molecule has 0 fully saturated rings. The molecular formula is C19H16ClN5O2. The number of benzene rings is 2. The average Bonchev–Trinajstić information content (AvgIpc) is 2.96. The number of anilines is 1. The van der Waals surface area contributed by atoms with Crippen LogP contribution in [-0.4, -0.2) is 19.7 Å². The third kappa shape index (κ3) is 3.41. The highest BCUT2D eigenvalue weighted by molar-refractivity contribution is 6.30. The van der Waals surface area contributed by atoms with Gasteiger partial charge in [-0.3, -0.25) is 4.57 Å². The fourth-order valence-corrected chi connectivity index (χ4v) is 2.91. The molecule has 0 saturated carbocycles. The first-order valence-electron chi connectivity index (χ1n) is 8.33. The van der Waals surface area contributed by atoms with Gasteiger partial charge in [0.1, 0.15) is 5.69 Å². The zero-order chi connectivity index (χ0) is 19.0. The molecule has 4 aromatic rings. The Balaban J connectivity index is 1.56. The molecule has 0 spiro atoms. The summed E-state index contributed by atoms with van der Waals surface area (Å²) < 4.78 is 6.59. The van der Waals surface area contributed by atoms with Gasteiger partial charge in [-0.05, 0) is 42.8 Å². The van der Waals surface area contributed by atoms with Crippen molar-refractivity contribution in [2.24, 2.45) is 7.05 Å². The first-order chi connectivity index (χ1) is 13.0. The summed E-state index contributed by atoms with van der Waals surface area (Å²) in [5.41, 5.74) is 3.70. The van der Waals surface area contributed by atoms with Gasteiger partial charge in [-0.2, -0.15) is 0 Å². The number of rotatable bonds is 4. The molecular weight excluding hydrogens is 366 g/mol. The summed E-state index contributed by atoms with van der Waals surface area (Å²) in [5, 5.41) is 12.3. The van der Waals surface area contributed by atoms with Crippen LogP contribution in [0.2, 0.25) is 5.02 Å². The standard InChI is InChI=1S/C19H16ClN5O2/c1-11(12-3-6-14(20)7-4-12)22-18-21-10-15(23-24-18)13-5-8-17-16(9-13)25(2)19(26)27-17/h3-11H,1-2H3,(H,21,22,24)/t11-/m1/s1. The van der Waals surface area contributed by atoms with Gasteiger partial charge in [0.05, 0.1) is 17.8 Å². The van der Waals surface area contributed by atoms with E-state index in [9.17, 15) is 4.79 Å². The van der Waals surface area contributed by atoms with Crippen LogP contribution in [0.3, 0.4) is 0 Å². The van der Waals surface area contributed by atoms with Crippen molar-refractivity contribution in [3.05, 3.63) is 69.8 Å². The number of aryl methyl sites for hydroxylation is 1. The van der Waals surface area contributed by atoms with E-state index in [2.05, 4.69) is 20.5 Å². The van der Waals surface area contributed by atoms with E-state index >= 15 is 0 Å². The molecule has 27 heavy (non-hydrogen) atoms. The van der Waals surface area contributed by atoms with Gasteiger partial charge in [-0.1, -0.05) is 23.7 Å². The Labute approximate surface area is 159 Å². The Morgan fingerprint density at radius 1 is 1.15 bits per heavy atom. The lowest BCUT2D eigenvalue weighted by Gasteiger charge is -2.13. The summed E-state index contributed by atoms with van der Waals surface area (Å²) >= 11 is 5.92. The second-order valence-electron chi connectivity index (χ2n) is 6.19. The van der Waals surface area contributed by atoms with Crippen molar-refractivity contribution in [3.8, 4) is 11.3 Å². The Morgan fingerprint density at radius 2 is 1.93 bits per heavy atom. The second kappa shape index (κ2) is 6.85. The van der Waals surface area contributed by atoms with Crippen LogP contribution in [0.15, 0.2) is 57.9 Å². The third-order valence-electron chi connectivity index (χ3n) is 4.36. The van der Waals surface area contributed by atoms with Crippen molar-refractivity contribution in [1.82, 2.24) is 19.7 Å². The van der Waals surface area contributed by atoms with Crippen molar-refractivity contribution < 1.29 is 4.42 Å². The number of fused-ring (bicyclic) bond motifs is 1. The zero-order valence-corrected chi connectivity index (χ0v) is 15.4. The van der Waals surface area contributed by atoms with Crippen molar-refractivity contribution >= 4 is 28.6 Å². The van der Waals surface area contributed by atoms with Crippen LogP contribution >= 0.6 is 11.6 Å². The number of halogens is 1. The monoisotopic (exact) mass is 381 g/mol. The highest BCUT2D eigenvalue weighted by atomic mass is 35.5. The summed E-state index contributed by atoms with van der Waals surface area (Å²) in [6.45, 7) is 2.01. The number of nitrogens with one attached hydrogen (secondary N) is 1. The normalized spacial score (nSPS) is 12.3. The first-order valence-corrected chi connectivity index (χ1v) is 8.71. The van der Waals surface area contributed by atoms with E-state index in [0.717, 1.165) is 11.1 Å². The van der Waals surface area contributed by atoms with E-state index in [1.54, 1.807) is 19.3 Å². The smallest absolute Gasteiger partial charge is 0.408 e. The number of aromatic nitrogens is 4. The highest BCUT2D eigenvalue weighted by Crippen LogP contribution is 2.23. The van der Waals surface area contributed by atoms with E-state index in [0.29, 0.717) is 27.8 Å². The minimum Gasteiger partial charge on any atom is -0.408 e. The Hall–Kier alpha value is -3.19. The molecule has 2 aromatic carbocycles. The van der Waals surface area contributed by atoms with Crippen LogP contribution in [0.5, 0.6) is 0 Å². The molecule has 0 aliphatic heterocycles. The van der Waals surface area contributed by atoms with Crippen molar-refractivity contribution in [2.45, 2.75) is 13.0 Å². The van der Waals surface area contributed by atoms with Crippen LogP contribution in [0.25, 0.3) is 22.4 Å². The van der Waals surface area contributed by atoms with Gasteiger partial charge in [0.2, 0.25) is 5.95 Å². The number of hydrogen-bond acceptors (Lipinski definition) is 6. The molecule has 0 aliphatic carbocycles. The minimum absolute atomic E-state index is 0.00622. The van der Waals surface area contributed by atoms with Crippen LogP contribution in [-0.2, 0) is 7.05 Å². The zero-order valence-electron chi connectivity index (χ0n) is 14.7. The van der Waals surface area contributed by atoms with Gasteiger partial charge in [0.15, 0.2) is 5.58 Å².